The lowest BCUT2D eigenvalue weighted by Crippen LogP contribution is -2.45. The highest BCUT2D eigenvalue weighted by molar-refractivity contribution is 14.1. The second-order valence-electron chi connectivity index (χ2n) is 11.4. The van der Waals surface area contributed by atoms with E-state index in [0.717, 1.165) is 37.7 Å². The van der Waals surface area contributed by atoms with Gasteiger partial charge in [-0.2, -0.15) is 0 Å². The van der Waals surface area contributed by atoms with Gasteiger partial charge in [0.25, 0.3) is 0 Å². The van der Waals surface area contributed by atoms with Crippen LogP contribution in [0.4, 0.5) is 4.79 Å². The van der Waals surface area contributed by atoms with Crippen molar-refractivity contribution in [3.63, 3.8) is 0 Å². The normalized spacial score (nSPS) is 12.6. The number of aromatic nitrogens is 1. The summed E-state index contributed by atoms with van der Waals surface area (Å²) in [6, 6.07) is 13.2. The van der Waals surface area contributed by atoms with Gasteiger partial charge in [0.2, 0.25) is 0 Å². The van der Waals surface area contributed by atoms with Crippen LogP contribution in [0, 0.1) is 9.12 Å². The fourth-order valence-electron chi connectivity index (χ4n) is 4.29. The number of methoxy groups -OCH3 is 1. The van der Waals surface area contributed by atoms with Crippen LogP contribution in [0.1, 0.15) is 52.7 Å². The molecule has 1 amide bonds. The predicted molar refractivity (Wildman–Crippen MR) is 159 cm³/mol. The Morgan fingerprint density at radius 2 is 1.72 bits per heavy atom. The Morgan fingerprint density at radius 1 is 1.03 bits per heavy atom. The minimum atomic E-state index is -0.889. The number of ether oxygens (including phenoxy) is 3. The van der Waals surface area contributed by atoms with Gasteiger partial charge in [0, 0.05) is 29.7 Å². The van der Waals surface area contributed by atoms with E-state index in [-0.39, 0.29) is 17.8 Å². The van der Waals surface area contributed by atoms with Crippen LogP contribution in [0.3, 0.4) is 0 Å². The van der Waals surface area contributed by atoms with Crippen molar-refractivity contribution in [2.45, 2.75) is 66.0 Å². The van der Waals surface area contributed by atoms with E-state index in [9.17, 15) is 14.4 Å². The molecule has 0 radical (unpaired) electrons. The number of benzene rings is 2. The largest absolute Gasteiger partial charge is 0.467 e. The number of nitrogens with one attached hydrogen (secondary N) is 2. The molecule has 0 aliphatic carbocycles. The first-order valence-corrected chi connectivity index (χ1v) is 13.9. The molecule has 2 aromatic carbocycles. The van der Waals surface area contributed by atoms with Crippen LogP contribution in [0.5, 0.6) is 0 Å². The Bertz CT molecular complexity index is 1360. The summed E-state index contributed by atoms with van der Waals surface area (Å²) in [5.41, 5.74) is 4.16. The molecule has 0 spiro atoms. The number of hydrogen-bond donors (Lipinski definition) is 2. The molecule has 0 bridgehead atoms. The molecular formula is C30H37IN2O6. The molecule has 1 aromatic heterocycles. The summed E-state index contributed by atoms with van der Waals surface area (Å²) in [7, 11) is 1.29. The van der Waals surface area contributed by atoms with Crippen LogP contribution in [0.15, 0.2) is 42.5 Å². The van der Waals surface area contributed by atoms with Gasteiger partial charge < -0.3 is 24.5 Å². The summed E-state index contributed by atoms with van der Waals surface area (Å²) in [4.78, 5) is 39.6. The van der Waals surface area contributed by atoms with E-state index < -0.39 is 23.7 Å². The third kappa shape index (κ3) is 8.71. The number of aromatic amines is 1. The molecule has 1 heterocycles. The Hall–Kier alpha value is -3.08. The average Bonchev–Trinajstić information content (AvgIpc) is 3.14. The number of esters is 2. The smallest absolute Gasteiger partial charge is 0.408 e. The van der Waals surface area contributed by atoms with Crippen LogP contribution >= 0.6 is 22.6 Å². The van der Waals surface area contributed by atoms with Crippen molar-refractivity contribution in [3.05, 3.63) is 57.3 Å². The number of rotatable bonds is 9. The lowest BCUT2D eigenvalue weighted by atomic mass is 9.86. The third-order valence-electron chi connectivity index (χ3n) is 6.05. The molecule has 0 aliphatic rings. The fraction of sp³-hybridized carbons (Fsp3) is 0.433. The van der Waals surface area contributed by atoms with E-state index in [1.807, 2.05) is 24.3 Å². The van der Waals surface area contributed by atoms with E-state index in [2.05, 4.69) is 64.9 Å². The number of carbonyl (C=O) groups excluding carboxylic acids is 3. The molecular weight excluding hydrogens is 611 g/mol. The molecule has 0 unspecified atom stereocenters. The van der Waals surface area contributed by atoms with Crippen LogP contribution < -0.4 is 5.32 Å². The maximum atomic E-state index is 12.4. The van der Waals surface area contributed by atoms with Crippen LogP contribution in [0.25, 0.3) is 22.0 Å². The molecule has 0 aliphatic heterocycles. The molecule has 0 saturated heterocycles. The number of carbonyl (C=O) groups is 3. The van der Waals surface area contributed by atoms with Crippen LogP contribution in [0.2, 0.25) is 0 Å². The standard InChI is InChI=1S/C30H37IN2O6/c1-18(34)38-17-30(5,6)16-23-22-15-21(11-12-24(22)32-26(23)31)20-10-8-9-19(13-20)14-25(27(35)37-7)33-28(36)39-29(2,3)4/h8-13,15,25,32H,14,16-17H2,1-7H3,(H,33,36)/t25-/m0/s1. The van der Waals surface area contributed by atoms with Crippen molar-refractivity contribution in [1.29, 1.82) is 0 Å². The van der Waals surface area contributed by atoms with Gasteiger partial charge in [-0.1, -0.05) is 44.2 Å². The average molecular weight is 649 g/mol. The Balaban J connectivity index is 1.88. The van der Waals surface area contributed by atoms with Gasteiger partial charge in [-0.05, 0) is 84.2 Å². The second-order valence-corrected chi connectivity index (χ2v) is 12.5. The van der Waals surface area contributed by atoms with Crippen molar-refractivity contribution in [2.75, 3.05) is 13.7 Å². The van der Waals surface area contributed by atoms with Crippen LogP contribution in [-0.2, 0) is 36.6 Å². The van der Waals surface area contributed by atoms with Crippen molar-refractivity contribution < 1.29 is 28.6 Å². The summed E-state index contributed by atoms with van der Waals surface area (Å²) in [5.74, 6) is -0.829. The number of fused-ring (bicyclic) bond motifs is 1. The Kier molecular flexibility index (Phi) is 9.69. The summed E-state index contributed by atoms with van der Waals surface area (Å²) in [6.45, 7) is 11.2. The predicted octanol–water partition coefficient (Wildman–Crippen LogP) is 6.18. The van der Waals surface area contributed by atoms with E-state index >= 15 is 0 Å². The maximum absolute atomic E-state index is 12.4. The van der Waals surface area contributed by atoms with E-state index in [4.69, 9.17) is 14.2 Å². The molecule has 210 valence electrons. The van der Waals surface area contributed by atoms with Gasteiger partial charge in [0.1, 0.15) is 11.6 Å². The van der Waals surface area contributed by atoms with Crippen molar-refractivity contribution >= 4 is 51.5 Å². The second kappa shape index (κ2) is 12.4. The summed E-state index contributed by atoms with van der Waals surface area (Å²) in [5, 5.41) is 3.74. The number of hydrogen-bond acceptors (Lipinski definition) is 6. The minimum Gasteiger partial charge on any atom is -0.467 e. The zero-order valence-corrected chi connectivity index (χ0v) is 25.7. The lowest BCUT2D eigenvalue weighted by molar-refractivity contribution is -0.144. The van der Waals surface area contributed by atoms with Crippen molar-refractivity contribution in [1.82, 2.24) is 10.3 Å². The zero-order valence-electron chi connectivity index (χ0n) is 23.6. The quantitative estimate of drug-likeness (QED) is 0.163. The minimum absolute atomic E-state index is 0.235. The Morgan fingerprint density at radius 3 is 2.36 bits per heavy atom. The summed E-state index contributed by atoms with van der Waals surface area (Å²) < 4.78 is 16.6. The number of alkyl carbamates (subject to hydrolysis) is 1. The van der Waals surface area contributed by atoms with E-state index in [1.54, 1.807) is 20.8 Å². The zero-order chi connectivity index (χ0) is 29.0. The topological polar surface area (TPSA) is 107 Å². The molecule has 39 heavy (non-hydrogen) atoms. The van der Waals surface area contributed by atoms with Crippen LogP contribution in [-0.4, -0.2) is 48.4 Å². The first kappa shape index (κ1) is 30.5. The monoisotopic (exact) mass is 648 g/mol. The number of halogens is 1. The lowest BCUT2D eigenvalue weighted by Gasteiger charge is -2.24. The molecule has 3 rings (SSSR count). The van der Waals surface area contributed by atoms with Crippen molar-refractivity contribution in [3.8, 4) is 11.1 Å². The third-order valence-corrected chi connectivity index (χ3v) is 6.97. The molecule has 9 heteroatoms. The molecule has 1 atom stereocenters. The molecule has 0 fully saturated rings. The fourth-order valence-corrected chi connectivity index (χ4v) is 5.06. The molecule has 0 saturated carbocycles. The highest BCUT2D eigenvalue weighted by Crippen LogP contribution is 2.34. The molecule has 2 N–H and O–H groups in total. The maximum Gasteiger partial charge on any atom is 0.408 e. The summed E-state index contributed by atoms with van der Waals surface area (Å²) in [6.07, 6.45) is 0.310. The van der Waals surface area contributed by atoms with Gasteiger partial charge in [0.15, 0.2) is 0 Å². The SMILES string of the molecule is COC(=O)[C@H](Cc1cccc(-c2ccc3[nH]c(I)c(CC(C)(C)COC(C)=O)c3c2)c1)NC(=O)OC(C)(C)C. The number of amides is 1. The highest BCUT2D eigenvalue weighted by atomic mass is 127. The molecule has 8 nitrogen and oxygen atoms in total. The van der Waals surface area contributed by atoms with Gasteiger partial charge in [-0.3, -0.25) is 4.79 Å². The van der Waals surface area contributed by atoms with Gasteiger partial charge in [-0.15, -0.1) is 0 Å². The molecule has 3 aromatic rings. The van der Waals surface area contributed by atoms with E-state index in [0.29, 0.717) is 6.61 Å². The van der Waals surface area contributed by atoms with Gasteiger partial charge in [0.05, 0.1) is 17.4 Å². The first-order valence-electron chi connectivity index (χ1n) is 12.8. The highest BCUT2D eigenvalue weighted by Gasteiger charge is 2.26. The van der Waals surface area contributed by atoms with Gasteiger partial charge in [-0.25, -0.2) is 9.59 Å². The van der Waals surface area contributed by atoms with Crippen molar-refractivity contribution in [2.24, 2.45) is 5.41 Å². The number of H-pyrrole nitrogens is 1. The van der Waals surface area contributed by atoms with E-state index in [1.165, 1.54) is 19.6 Å². The first-order chi connectivity index (χ1) is 18.2. The summed E-state index contributed by atoms with van der Waals surface area (Å²) >= 11 is 2.32. The Labute approximate surface area is 243 Å². The van der Waals surface area contributed by atoms with Gasteiger partial charge >= 0.3 is 18.0 Å².